The molecule has 1 aromatic heterocycles. The van der Waals surface area contributed by atoms with Gasteiger partial charge in [0, 0.05) is 42.7 Å². The highest BCUT2D eigenvalue weighted by Gasteiger charge is 2.46. The Labute approximate surface area is 225 Å². The van der Waals surface area contributed by atoms with Gasteiger partial charge in [0.15, 0.2) is 0 Å². The van der Waals surface area contributed by atoms with E-state index in [2.05, 4.69) is 34.1 Å². The highest BCUT2D eigenvalue weighted by molar-refractivity contribution is 6.39. The van der Waals surface area contributed by atoms with Crippen molar-refractivity contribution >= 4 is 29.9 Å². The third kappa shape index (κ3) is 9.11. The van der Waals surface area contributed by atoms with Gasteiger partial charge in [0.1, 0.15) is 11.9 Å². The van der Waals surface area contributed by atoms with Crippen molar-refractivity contribution in [3.63, 3.8) is 0 Å². The molecule has 1 fully saturated rings. The number of nitrogens with zero attached hydrogens (tertiary/aromatic N) is 4. The minimum atomic E-state index is -2.98. The van der Waals surface area contributed by atoms with E-state index in [1.165, 1.54) is 4.90 Å². The second-order valence-electron chi connectivity index (χ2n) is 9.70. The van der Waals surface area contributed by atoms with Gasteiger partial charge in [-0.3, -0.25) is 20.1 Å². The molecular formula is C28H40ClF2N5O. The number of halogens is 3. The molecule has 0 aromatic carbocycles. The number of piperidine rings is 1. The number of alkyl halides is 2. The second-order valence-corrected chi connectivity index (χ2v) is 10.1. The summed E-state index contributed by atoms with van der Waals surface area (Å²) in [5.74, 6) is -3.73. The van der Waals surface area contributed by atoms with Crippen molar-refractivity contribution in [3.8, 4) is 0 Å². The van der Waals surface area contributed by atoms with Crippen LogP contribution in [0.3, 0.4) is 0 Å². The van der Waals surface area contributed by atoms with Crippen LogP contribution in [0.25, 0.3) is 0 Å². The lowest BCUT2D eigenvalue weighted by atomic mass is 9.87. The van der Waals surface area contributed by atoms with Gasteiger partial charge in [-0.2, -0.15) is 0 Å². The summed E-state index contributed by atoms with van der Waals surface area (Å²) in [4.78, 5) is 28.4. The van der Waals surface area contributed by atoms with Gasteiger partial charge in [-0.25, -0.2) is 13.8 Å². The highest BCUT2D eigenvalue weighted by atomic mass is 35.5. The number of allylic oxidation sites excluding steroid dienone is 4. The number of rotatable bonds is 11. The van der Waals surface area contributed by atoms with E-state index in [-0.39, 0.29) is 30.7 Å². The summed E-state index contributed by atoms with van der Waals surface area (Å²) in [6, 6.07) is 3.14. The Kier molecular flexibility index (Phi) is 12.0. The van der Waals surface area contributed by atoms with Crippen molar-refractivity contribution in [2.75, 3.05) is 13.1 Å². The van der Waals surface area contributed by atoms with Crippen LogP contribution in [0.4, 0.5) is 8.78 Å². The zero-order valence-corrected chi connectivity index (χ0v) is 23.5. The fourth-order valence-corrected chi connectivity index (χ4v) is 4.36. The van der Waals surface area contributed by atoms with Gasteiger partial charge in [0.25, 0.3) is 11.8 Å². The Morgan fingerprint density at radius 3 is 2.76 bits per heavy atom. The average molecular weight is 536 g/mol. The lowest BCUT2D eigenvalue weighted by Crippen LogP contribution is -2.59. The van der Waals surface area contributed by atoms with Crippen molar-refractivity contribution in [1.82, 2.24) is 15.2 Å². The molecule has 1 saturated heterocycles. The Bertz CT molecular complexity index is 1020. The molecule has 1 aliphatic heterocycles. The molecule has 1 N–H and O–H groups in total. The minimum absolute atomic E-state index is 0.170. The Morgan fingerprint density at radius 2 is 2.11 bits per heavy atom. The van der Waals surface area contributed by atoms with E-state index in [9.17, 15) is 13.6 Å². The number of aryl methyl sites for hydroxylation is 1. The van der Waals surface area contributed by atoms with Crippen molar-refractivity contribution in [2.45, 2.75) is 79.1 Å². The van der Waals surface area contributed by atoms with Gasteiger partial charge in [0.2, 0.25) is 0 Å². The Hall–Kier alpha value is -2.45. The smallest absolute Gasteiger partial charge is 0.273 e. The molecule has 1 aromatic rings. The summed E-state index contributed by atoms with van der Waals surface area (Å²) < 4.78 is 29.5. The first kappa shape index (κ1) is 30.8. The van der Waals surface area contributed by atoms with Crippen LogP contribution in [0.1, 0.15) is 69.2 Å². The zero-order chi connectivity index (χ0) is 27.6. The zero-order valence-electron chi connectivity index (χ0n) is 22.7. The van der Waals surface area contributed by atoms with E-state index in [0.717, 1.165) is 6.42 Å². The molecule has 1 aliphatic rings. The molecule has 2 heterocycles. The molecular weight excluding hydrogens is 496 g/mol. The van der Waals surface area contributed by atoms with Crippen molar-refractivity contribution in [2.24, 2.45) is 21.8 Å². The van der Waals surface area contributed by atoms with Crippen LogP contribution in [0.15, 0.2) is 45.4 Å². The monoisotopic (exact) mass is 535 g/mol. The topological polar surface area (TPSA) is 70.0 Å². The lowest BCUT2D eigenvalue weighted by Gasteiger charge is -2.44. The minimum Gasteiger partial charge on any atom is -0.327 e. The third-order valence-corrected chi connectivity index (χ3v) is 6.98. The molecule has 6 nitrogen and oxygen atoms in total. The summed E-state index contributed by atoms with van der Waals surface area (Å²) in [7, 11) is 0. The first-order valence-electron chi connectivity index (χ1n) is 12.9. The highest BCUT2D eigenvalue weighted by Crippen LogP contribution is 2.35. The molecule has 0 aliphatic carbocycles. The fraction of sp³-hybridized carbons (Fsp3) is 0.571. The fourth-order valence-electron chi connectivity index (χ4n) is 4.30. The van der Waals surface area contributed by atoms with Crippen molar-refractivity contribution in [3.05, 3.63) is 52.3 Å². The molecule has 0 bridgehead atoms. The number of carbonyl (C=O) groups is 1. The Morgan fingerprint density at radius 1 is 1.38 bits per heavy atom. The molecule has 1 amide bonds. The van der Waals surface area contributed by atoms with Gasteiger partial charge >= 0.3 is 0 Å². The maximum Gasteiger partial charge on any atom is 0.273 e. The van der Waals surface area contributed by atoms with Crippen LogP contribution in [0.2, 0.25) is 0 Å². The molecule has 0 spiro atoms. The first-order chi connectivity index (χ1) is 17.5. The van der Waals surface area contributed by atoms with E-state index >= 15 is 0 Å². The van der Waals surface area contributed by atoms with Crippen LogP contribution in [-0.4, -0.2) is 59.4 Å². The van der Waals surface area contributed by atoms with Gasteiger partial charge in [-0.1, -0.05) is 57.0 Å². The normalized spacial score (nSPS) is 22.3. The summed E-state index contributed by atoms with van der Waals surface area (Å²) >= 11 is 6.10. The number of pyridine rings is 1. The molecule has 3 unspecified atom stereocenters. The van der Waals surface area contributed by atoms with E-state index in [4.69, 9.17) is 11.6 Å². The average Bonchev–Trinajstić information content (AvgIpc) is 2.86. The molecule has 9 heteroatoms. The number of amides is 1. The standard InChI is InChI=1S/C28H40ClF2N5O/c1-7-10-13-32-15-22-12-11-21(6)35-25(22)27(37)36-18-28(30,31)14-20(5)24(36)17-34-26(19(4)8-2)33-16-23(29)9-3/h7,9-13,16,19-20,24,26,34H,8,14-15,17-18H2,1-6H3/b10-7-,23-9+,32-13?,33-16?/t19?,20-,24?,26?/m1/s1. The molecule has 0 saturated carbocycles. The molecule has 0 radical (unpaired) electrons. The van der Waals surface area contributed by atoms with E-state index in [1.54, 1.807) is 50.6 Å². The molecule has 4 atom stereocenters. The number of hydrogen-bond acceptors (Lipinski definition) is 5. The second kappa shape index (κ2) is 14.5. The summed E-state index contributed by atoms with van der Waals surface area (Å²) in [6.07, 6.45) is 8.95. The number of likely N-dealkylation sites (tertiary alicyclic amines) is 1. The number of hydrogen-bond donors (Lipinski definition) is 1. The van der Waals surface area contributed by atoms with E-state index in [0.29, 0.717) is 22.8 Å². The lowest BCUT2D eigenvalue weighted by molar-refractivity contribution is -0.0920. The van der Waals surface area contributed by atoms with Gasteiger partial charge in [-0.15, -0.1) is 0 Å². The first-order valence-corrected chi connectivity index (χ1v) is 13.3. The van der Waals surface area contributed by atoms with Crippen molar-refractivity contribution < 1.29 is 13.6 Å². The van der Waals surface area contributed by atoms with E-state index < -0.39 is 30.3 Å². The summed E-state index contributed by atoms with van der Waals surface area (Å²) in [5.41, 5.74) is 1.42. The van der Waals surface area contributed by atoms with Gasteiger partial charge < -0.3 is 4.90 Å². The number of nitrogens with one attached hydrogen (secondary N) is 1. The SMILES string of the molecule is C/C=C\C=NCc1ccc(C)nc1C(=O)N1CC(F)(F)C[C@@H](C)C1CNC(N=C/C(Cl)=C\C)C(C)CC. The maximum atomic E-state index is 14.7. The van der Waals surface area contributed by atoms with Crippen molar-refractivity contribution in [1.29, 1.82) is 0 Å². The van der Waals surface area contributed by atoms with Crippen LogP contribution in [0, 0.1) is 18.8 Å². The molecule has 37 heavy (non-hydrogen) atoms. The van der Waals surface area contributed by atoms with Gasteiger partial charge in [-0.05, 0) is 44.7 Å². The summed E-state index contributed by atoms with van der Waals surface area (Å²) in [6.45, 7) is 11.3. The number of aliphatic imine (C=N–C) groups is 2. The molecule has 2 rings (SSSR count). The largest absolute Gasteiger partial charge is 0.327 e. The predicted molar refractivity (Wildman–Crippen MR) is 149 cm³/mol. The van der Waals surface area contributed by atoms with E-state index in [1.807, 2.05) is 19.9 Å². The Balaban J connectivity index is 2.37. The van der Waals surface area contributed by atoms with Crippen LogP contribution in [0.5, 0.6) is 0 Å². The van der Waals surface area contributed by atoms with Crippen LogP contribution >= 0.6 is 11.6 Å². The maximum absolute atomic E-state index is 14.7. The van der Waals surface area contributed by atoms with Crippen LogP contribution < -0.4 is 5.32 Å². The summed E-state index contributed by atoms with van der Waals surface area (Å²) in [5, 5.41) is 3.93. The third-order valence-electron chi connectivity index (χ3n) is 6.66. The molecule has 204 valence electrons. The number of carbonyl (C=O) groups excluding carboxylic acids is 1. The predicted octanol–water partition coefficient (Wildman–Crippen LogP) is 6.20. The number of aromatic nitrogens is 1. The van der Waals surface area contributed by atoms with Crippen LogP contribution in [-0.2, 0) is 6.54 Å². The van der Waals surface area contributed by atoms with Gasteiger partial charge in [0.05, 0.1) is 18.1 Å². The quantitative estimate of drug-likeness (QED) is 0.343.